The van der Waals surface area contributed by atoms with E-state index in [0.29, 0.717) is 17.9 Å². The Labute approximate surface area is 156 Å². The molecule has 0 aliphatic carbocycles. The van der Waals surface area contributed by atoms with Crippen molar-refractivity contribution < 1.29 is 19.5 Å². The Balaban J connectivity index is 1.97. The summed E-state index contributed by atoms with van der Waals surface area (Å²) >= 11 is 1.17. The van der Waals surface area contributed by atoms with Crippen LogP contribution in [-0.4, -0.2) is 34.0 Å². The zero-order chi connectivity index (χ0) is 18.9. The number of nitrogens with one attached hydrogen (secondary N) is 2. The fourth-order valence-corrected chi connectivity index (χ4v) is 2.95. The van der Waals surface area contributed by atoms with Crippen LogP contribution in [0.5, 0.6) is 0 Å². The van der Waals surface area contributed by atoms with E-state index in [0.717, 1.165) is 5.56 Å². The largest absolute Gasteiger partial charge is 0.478 e. The Hall–Kier alpha value is -2.80. The van der Waals surface area contributed by atoms with Crippen LogP contribution in [0, 0.1) is 0 Å². The van der Waals surface area contributed by atoms with Crippen molar-refractivity contribution in [3.8, 4) is 0 Å². The van der Waals surface area contributed by atoms with Crippen LogP contribution >= 0.6 is 11.8 Å². The van der Waals surface area contributed by atoms with Gasteiger partial charge in [0, 0.05) is 24.4 Å². The highest BCUT2D eigenvalue weighted by Gasteiger charge is 2.15. The second kappa shape index (κ2) is 9.62. The van der Waals surface area contributed by atoms with Gasteiger partial charge in [-0.15, -0.1) is 0 Å². The number of amides is 2. The normalized spacial score (nSPS) is 11.4. The molecule has 0 aliphatic rings. The first-order valence-corrected chi connectivity index (χ1v) is 9.01. The van der Waals surface area contributed by atoms with Crippen molar-refractivity contribution in [1.29, 1.82) is 0 Å². The van der Waals surface area contributed by atoms with Gasteiger partial charge in [0.1, 0.15) is 0 Å². The molecule has 136 valence electrons. The van der Waals surface area contributed by atoms with Crippen LogP contribution in [0.2, 0.25) is 0 Å². The molecule has 6 nitrogen and oxygen atoms in total. The van der Waals surface area contributed by atoms with Crippen LogP contribution in [0.1, 0.15) is 22.8 Å². The number of carboxylic acid groups (broad SMARTS) is 1. The van der Waals surface area contributed by atoms with Crippen molar-refractivity contribution in [2.24, 2.45) is 0 Å². The van der Waals surface area contributed by atoms with Gasteiger partial charge in [-0.1, -0.05) is 42.1 Å². The average Bonchev–Trinajstić information content (AvgIpc) is 2.61. The van der Waals surface area contributed by atoms with E-state index in [-0.39, 0.29) is 16.7 Å². The molecule has 2 rings (SSSR count). The molecule has 0 heterocycles. The predicted molar refractivity (Wildman–Crippen MR) is 103 cm³/mol. The van der Waals surface area contributed by atoms with E-state index in [9.17, 15) is 14.4 Å². The zero-order valence-corrected chi connectivity index (χ0v) is 15.1. The number of urea groups is 1. The highest BCUT2D eigenvalue weighted by Crippen LogP contribution is 2.12. The summed E-state index contributed by atoms with van der Waals surface area (Å²) in [4.78, 5) is 34.3. The first-order valence-electron chi connectivity index (χ1n) is 8.02. The molecular weight excluding hydrogens is 352 g/mol. The molecule has 26 heavy (non-hydrogen) atoms. The molecular formula is C19H20N2O4S. The molecule has 0 bridgehead atoms. The van der Waals surface area contributed by atoms with E-state index >= 15 is 0 Å². The molecule has 0 fully saturated rings. The van der Waals surface area contributed by atoms with E-state index < -0.39 is 12.0 Å². The maximum absolute atomic E-state index is 12.2. The summed E-state index contributed by atoms with van der Waals surface area (Å²) in [6.07, 6.45) is 0.604. The van der Waals surface area contributed by atoms with Crippen LogP contribution in [0.25, 0.3) is 0 Å². The van der Waals surface area contributed by atoms with Gasteiger partial charge in [-0.25, -0.2) is 9.59 Å². The Morgan fingerprint density at radius 1 is 1.04 bits per heavy atom. The van der Waals surface area contributed by atoms with Gasteiger partial charge >= 0.3 is 12.0 Å². The molecule has 7 heteroatoms. The smallest absolute Gasteiger partial charge is 0.335 e. The third kappa shape index (κ3) is 6.60. The zero-order valence-electron chi connectivity index (χ0n) is 14.3. The highest BCUT2D eigenvalue weighted by atomic mass is 32.2. The summed E-state index contributed by atoms with van der Waals surface area (Å²) in [6, 6.07) is 15.0. The van der Waals surface area contributed by atoms with Crippen LogP contribution in [0.3, 0.4) is 0 Å². The van der Waals surface area contributed by atoms with Crippen LogP contribution in [0.15, 0.2) is 54.6 Å². The Morgan fingerprint density at radius 3 is 2.27 bits per heavy atom. The molecule has 0 saturated heterocycles. The lowest BCUT2D eigenvalue weighted by Gasteiger charge is -2.18. The molecule has 0 spiro atoms. The van der Waals surface area contributed by atoms with E-state index in [1.807, 2.05) is 30.3 Å². The summed E-state index contributed by atoms with van der Waals surface area (Å²) in [6.45, 7) is 1.49. The molecule has 2 aromatic rings. The lowest BCUT2D eigenvalue weighted by atomic mass is 10.1. The number of aromatic carboxylic acids is 1. The van der Waals surface area contributed by atoms with Gasteiger partial charge in [-0.3, -0.25) is 4.79 Å². The first-order chi connectivity index (χ1) is 12.4. The lowest BCUT2D eigenvalue weighted by molar-refractivity contribution is -0.109. The summed E-state index contributed by atoms with van der Waals surface area (Å²) < 4.78 is 0. The lowest BCUT2D eigenvalue weighted by Crippen LogP contribution is -2.41. The highest BCUT2D eigenvalue weighted by molar-refractivity contribution is 8.13. The van der Waals surface area contributed by atoms with Gasteiger partial charge in [-0.2, -0.15) is 0 Å². The van der Waals surface area contributed by atoms with Crippen molar-refractivity contribution in [3.05, 3.63) is 65.7 Å². The maximum Gasteiger partial charge on any atom is 0.335 e. The summed E-state index contributed by atoms with van der Waals surface area (Å²) in [5.74, 6) is -0.555. The minimum absolute atomic E-state index is 0.00507. The topological polar surface area (TPSA) is 95.5 Å². The van der Waals surface area contributed by atoms with Gasteiger partial charge in [0.25, 0.3) is 0 Å². The number of carbonyl (C=O) groups excluding carboxylic acids is 2. The summed E-state index contributed by atoms with van der Waals surface area (Å²) in [7, 11) is 0. The number of hydrogen-bond donors (Lipinski definition) is 3. The third-order valence-corrected chi connectivity index (χ3v) is 4.51. The van der Waals surface area contributed by atoms with Gasteiger partial charge < -0.3 is 15.7 Å². The molecule has 0 aliphatic heterocycles. The predicted octanol–water partition coefficient (Wildman–Crippen LogP) is 3.40. The van der Waals surface area contributed by atoms with E-state index in [1.165, 1.54) is 43.0 Å². The monoisotopic (exact) mass is 372 g/mol. The van der Waals surface area contributed by atoms with Gasteiger partial charge in [-0.05, 0) is 36.2 Å². The molecule has 0 saturated carbocycles. The number of rotatable bonds is 7. The summed E-state index contributed by atoms with van der Waals surface area (Å²) in [5.41, 5.74) is 1.70. The van der Waals surface area contributed by atoms with E-state index in [4.69, 9.17) is 5.11 Å². The molecule has 1 atom stereocenters. The Kier molecular flexibility index (Phi) is 7.23. The second-order valence-electron chi connectivity index (χ2n) is 5.67. The molecule has 0 aromatic heterocycles. The second-order valence-corrected chi connectivity index (χ2v) is 6.87. The number of thioether (sulfide) groups is 1. The first kappa shape index (κ1) is 19.5. The standard InChI is InChI=1S/C19H20N2O4S/c1-13(22)26-12-17(11-14-5-3-2-4-6-14)21-19(25)20-16-9-7-15(8-10-16)18(23)24/h2-10,17H,11-12H2,1H3,(H,23,24)(H2,20,21,25). The van der Waals surface area contributed by atoms with Crippen LogP contribution in [-0.2, 0) is 11.2 Å². The maximum atomic E-state index is 12.2. The van der Waals surface area contributed by atoms with Gasteiger partial charge in [0.05, 0.1) is 5.56 Å². The number of anilines is 1. The van der Waals surface area contributed by atoms with Crippen molar-refractivity contribution in [1.82, 2.24) is 5.32 Å². The van der Waals surface area contributed by atoms with Gasteiger partial charge in [0.15, 0.2) is 5.12 Å². The SMILES string of the molecule is CC(=O)SCC(Cc1ccccc1)NC(=O)Nc1ccc(C(=O)O)cc1. The number of carboxylic acids is 1. The molecule has 2 amide bonds. The quantitative estimate of drug-likeness (QED) is 0.692. The van der Waals surface area contributed by atoms with E-state index in [1.54, 1.807) is 0 Å². The van der Waals surface area contributed by atoms with Crippen molar-refractivity contribution in [3.63, 3.8) is 0 Å². The minimum Gasteiger partial charge on any atom is -0.478 e. The van der Waals surface area contributed by atoms with Gasteiger partial charge in [0.2, 0.25) is 0 Å². The molecule has 3 N–H and O–H groups in total. The fraction of sp³-hybridized carbons (Fsp3) is 0.211. The Bertz CT molecular complexity index is 763. The fourth-order valence-electron chi connectivity index (χ4n) is 2.32. The third-order valence-electron chi connectivity index (χ3n) is 3.54. The van der Waals surface area contributed by atoms with Crippen molar-refractivity contribution in [2.45, 2.75) is 19.4 Å². The van der Waals surface area contributed by atoms with Crippen molar-refractivity contribution in [2.75, 3.05) is 11.1 Å². The molecule has 2 aromatic carbocycles. The average molecular weight is 372 g/mol. The van der Waals surface area contributed by atoms with Crippen LogP contribution in [0.4, 0.5) is 10.5 Å². The summed E-state index contributed by atoms with van der Waals surface area (Å²) in [5, 5.41) is 14.4. The Morgan fingerprint density at radius 2 is 1.69 bits per heavy atom. The number of benzene rings is 2. The van der Waals surface area contributed by atoms with Crippen molar-refractivity contribution >= 4 is 34.6 Å². The number of carbonyl (C=O) groups is 3. The van der Waals surface area contributed by atoms with E-state index in [2.05, 4.69) is 10.6 Å². The number of hydrogen-bond acceptors (Lipinski definition) is 4. The minimum atomic E-state index is -1.02. The van der Waals surface area contributed by atoms with Crippen LogP contribution < -0.4 is 10.6 Å². The molecule has 1 unspecified atom stereocenters. The molecule has 0 radical (unpaired) electrons.